The fourth-order valence-corrected chi connectivity index (χ4v) is 3.76. The summed E-state index contributed by atoms with van der Waals surface area (Å²) in [5, 5.41) is 9.08. The van der Waals surface area contributed by atoms with Crippen LogP contribution in [0.4, 0.5) is 0 Å². The van der Waals surface area contributed by atoms with E-state index in [0.717, 1.165) is 51.9 Å². The van der Waals surface area contributed by atoms with Crippen LogP contribution in [0.25, 0.3) is 32.2 Å². The van der Waals surface area contributed by atoms with Crippen LogP contribution in [0.3, 0.4) is 0 Å². The number of aromatic nitrogens is 4. The number of hydrogen-bond donors (Lipinski definition) is 1. The highest BCUT2D eigenvalue weighted by atomic mass is 32.1. The highest BCUT2D eigenvalue weighted by Gasteiger charge is 2.16. The van der Waals surface area contributed by atoms with Crippen molar-refractivity contribution in [3.63, 3.8) is 0 Å². The van der Waals surface area contributed by atoms with Gasteiger partial charge in [0.05, 0.1) is 21.3 Å². The SMILES string of the molecule is CCCCn1c(=O)c2c(C)[nH]nc2c2cc(-c3cncs3)ccc21. The molecule has 24 heavy (non-hydrogen) atoms. The van der Waals surface area contributed by atoms with Gasteiger partial charge in [0.1, 0.15) is 5.52 Å². The Labute approximate surface area is 143 Å². The van der Waals surface area contributed by atoms with Crippen molar-refractivity contribution in [3.8, 4) is 10.4 Å². The number of thiazole rings is 1. The van der Waals surface area contributed by atoms with E-state index in [1.165, 1.54) is 0 Å². The molecule has 0 amide bonds. The minimum Gasteiger partial charge on any atom is -0.308 e. The summed E-state index contributed by atoms with van der Waals surface area (Å²) in [5.41, 5.74) is 5.50. The number of fused-ring (bicyclic) bond motifs is 3. The lowest BCUT2D eigenvalue weighted by atomic mass is 10.1. The van der Waals surface area contributed by atoms with E-state index < -0.39 is 0 Å². The zero-order valence-corrected chi connectivity index (χ0v) is 14.5. The molecule has 0 radical (unpaired) electrons. The van der Waals surface area contributed by atoms with E-state index in [-0.39, 0.29) is 5.56 Å². The fourth-order valence-electron chi connectivity index (χ4n) is 3.14. The molecule has 5 nitrogen and oxygen atoms in total. The van der Waals surface area contributed by atoms with Crippen LogP contribution in [-0.2, 0) is 6.54 Å². The van der Waals surface area contributed by atoms with E-state index in [9.17, 15) is 4.79 Å². The molecule has 122 valence electrons. The Morgan fingerprint density at radius 1 is 1.33 bits per heavy atom. The number of hydrogen-bond acceptors (Lipinski definition) is 4. The molecule has 6 heteroatoms. The zero-order chi connectivity index (χ0) is 16.7. The molecular formula is C18H18N4OS. The molecular weight excluding hydrogens is 320 g/mol. The fraction of sp³-hybridized carbons (Fsp3) is 0.278. The summed E-state index contributed by atoms with van der Waals surface area (Å²) in [6.45, 7) is 4.77. The average molecular weight is 338 g/mol. The smallest absolute Gasteiger partial charge is 0.262 e. The topological polar surface area (TPSA) is 63.6 Å². The summed E-state index contributed by atoms with van der Waals surface area (Å²) in [4.78, 5) is 18.2. The lowest BCUT2D eigenvalue weighted by Crippen LogP contribution is -2.21. The largest absolute Gasteiger partial charge is 0.308 e. The Kier molecular flexibility index (Phi) is 3.69. The van der Waals surface area contributed by atoms with Crippen molar-refractivity contribution in [2.45, 2.75) is 33.2 Å². The highest BCUT2D eigenvalue weighted by molar-refractivity contribution is 7.13. The van der Waals surface area contributed by atoms with Gasteiger partial charge >= 0.3 is 0 Å². The normalized spacial score (nSPS) is 11.6. The second-order valence-corrected chi connectivity index (χ2v) is 6.87. The van der Waals surface area contributed by atoms with Gasteiger partial charge in [-0.3, -0.25) is 14.9 Å². The number of pyridine rings is 1. The van der Waals surface area contributed by atoms with Crippen molar-refractivity contribution in [1.29, 1.82) is 0 Å². The van der Waals surface area contributed by atoms with E-state index in [4.69, 9.17) is 0 Å². The number of nitrogens with one attached hydrogen (secondary N) is 1. The quantitative estimate of drug-likeness (QED) is 0.609. The van der Waals surface area contributed by atoms with Crippen molar-refractivity contribution >= 4 is 33.1 Å². The van der Waals surface area contributed by atoms with E-state index in [2.05, 4.69) is 34.2 Å². The summed E-state index contributed by atoms with van der Waals surface area (Å²) in [6, 6.07) is 6.21. The number of unbranched alkanes of at least 4 members (excludes halogenated alkanes) is 1. The first kappa shape index (κ1) is 15.1. The second kappa shape index (κ2) is 5.87. The van der Waals surface area contributed by atoms with Gasteiger partial charge in [0.2, 0.25) is 0 Å². The lowest BCUT2D eigenvalue weighted by Gasteiger charge is -2.12. The average Bonchev–Trinajstić information content (AvgIpc) is 3.24. The first-order valence-electron chi connectivity index (χ1n) is 8.10. The van der Waals surface area contributed by atoms with E-state index in [0.29, 0.717) is 5.39 Å². The number of benzene rings is 1. The maximum Gasteiger partial charge on any atom is 0.262 e. The molecule has 0 spiro atoms. The van der Waals surface area contributed by atoms with Crippen LogP contribution in [0, 0.1) is 6.92 Å². The van der Waals surface area contributed by atoms with Crippen LogP contribution in [0.1, 0.15) is 25.5 Å². The molecule has 0 aliphatic carbocycles. The van der Waals surface area contributed by atoms with Crippen molar-refractivity contribution in [2.75, 3.05) is 0 Å². The summed E-state index contributed by atoms with van der Waals surface area (Å²) in [7, 11) is 0. The van der Waals surface area contributed by atoms with Crippen LogP contribution in [0.5, 0.6) is 0 Å². The van der Waals surface area contributed by atoms with Crippen LogP contribution in [0.2, 0.25) is 0 Å². The third kappa shape index (κ3) is 2.26. The van der Waals surface area contributed by atoms with Gasteiger partial charge in [0.25, 0.3) is 5.56 Å². The third-order valence-corrected chi connectivity index (χ3v) is 5.22. The molecule has 0 aliphatic heterocycles. The Morgan fingerprint density at radius 3 is 2.96 bits per heavy atom. The second-order valence-electron chi connectivity index (χ2n) is 5.98. The van der Waals surface area contributed by atoms with Gasteiger partial charge in [-0.05, 0) is 31.0 Å². The Balaban J connectivity index is 2.08. The summed E-state index contributed by atoms with van der Waals surface area (Å²) < 4.78 is 1.89. The van der Waals surface area contributed by atoms with Crippen molar-refractivity contribution in [2.24, 2.45) is 0 Å². The number of aryl methyl sites for hydroxylation is 2. The number of H-pyrrole nitrogens is 1. The Bertz CT molecular complexity index is 1080. The number of aromatic amines is 1. The predicted octanol–water partition coefficient (Wildman–Crippen LogP) is 4.11. The van der Waals surface area contributed by atoms with Crippen LogP contribution in [0.15, 0.2) is 34.7 Å². The van der Waals surface area contributed by atoms with Crippen LogP contribution >= 0.6 is 11.3 Å². The number of nitrogens with zero attached hydrogens (tertiary/aromatic N) is 3. The molecule has 0 aliphatic rings. The predicted molar refractivity (Wildman–Crippen MR) is 98.6 cm³/mol. The zero-order valence-electron chi connectivity index (χ0n) is 13.7. The Hall–Kier alpha value is -2.47. The van der Waals surface area contributed by atoms with Gasteiger partial charge in [-0.15, -0.1) is 11.3 Å². The first-order chi connectivity index (χ1) is 11.7. The van der Waals surface area contributed by atoms with Crippen LogP contribution in [-0.4, -0.2) is 19.7 Å². The summed E-state index contributed by atoms with van der Waals surface area (Å²) in [6.07, 6.45) is 3.90. The van der Waals surface area contributed by atoms with Crippen molar-refractivity contribution < 1.29 is 0 Å². The number of rotatable bonds is 4. The molecule has 0 unspecified atom stereocenters. The molecule has 0 atom stereocenters. The van der Waals surface area contributed by atoms with Crippen molar-refractivity contribution in [1.82, 2.24) is 19.7 Å². The lowest BCUT2D eigenvalue weighted by molar-refractivity contribution is 0.635. The summed E-state index contributed by atoms with van der Waals surface area (Å²) in [5.74, 6) is 0. The minimum atomic E-state index is 0.0442. The van der Waals surface area contributed by atoms with Gasteiger partial charge in [-0.1, -0.05) is 19.4 Å². The molecule has 0 fully saturated rings. The first-order valence-corrected chi connectivity index (χ1v) is 8.98. The molecule has 0 saturated carbocycles. The molecule has 0 saturated heterocycles. The van der Waals surface area contributed by atoms with Gasteiger partial charge < -0.3 is 4.57 Å². The van der Waals surface area contributed by atoms with Gasteiger partial charge in [-0.2, -0.15) is 5.10 Å². The molecule has 4 aromatic rings. The molecule has 3 aromatic heterocycles. The molecule has 0 bridgehead atoms. The van der Waals surface area contributed by atoms with Gasteiger partial charge in [-0.25, -0.2) is 0 Å². The standard InChI is InChI=1S/C18H18N4OS/c1-3-4-7-22-14-6-5-12(15-9-19-10-24-15)8-13(14)17-16(18(22)23)11(2)20-21-17/h5-6,8-10H,3-4,7H2,1-2H3,(H,20,21). The molecule has 1 N–H and O–H groups in total. The molecule has 1 aromatic carbocycles. The molecule has 4 rings (SSSR count). The third-order valence-electron chi connectivity index (χ3n) is 4.40. The maximum atomic E-state index is 12.9. The van der Waals surface area contributed by atoms with Gasteiger partial charge in [0, 0.05) is 23.8 Å². The van der Waals surface area contributed by atoms with Crippen molar-refractivity contribution in [3.05, 3.63) is 46.0 Å². The minimum absolute atomic E-state index is 0.0442. The van der Waals surface area contributed by atoms with E-state index in [1.807, 2.05) is 29.3 Å². The monoisotopic (exact) mass is 338 g/mol. The van der Waals surface area contributed by atoms with E-state index >= 15 is 0 Å². The van der Waals surface area contributed by atoms with Gasteiger partial charge in [0.15, 0.2) is 0 Å². The maximum absolute atomic E-state index is 12.9. The van der Waals surface area contributed by atoms with E-state index in [1.54, 1.807) is 11.3 Å². The summed E-state index contributed by atoms with van der Waals surface area (Å²) >= 11 is 1.61. The highest BCUT2D eigenvalue weighted by Crippen LogP contribution is 2.30. The Morgan fingerprint density at radius 2 is 2.21 bits per heavy atom. The van der Waals surface area contributed by atoms with Crippen LogP contribution < -0.4 is 5.56 Å². The molecule has 3 heterocycles.